The van der Waals surface area contributed by atoms with Gasteiger partial charge in [-0.05, 0) is 25.1 Å². The molecule has 2 N–H and O–H groups in total. The first-order valence-electron chi connectivity index (χ1n) is 5.20. The van der Waals surface area contributed by atoms with Gasteiger partial charge in [-0.15, -0.1) is 0 Å². The highest BCUT2D eigenvalue weighted by Gasteiger charge is 2.14. The van der Waals surface area contributed by atoms with E-state index < -0.39 is 17.1 Å². The minimum Gasteiger partial charge on any atom is -0.494 e. The molecule has 6 nitrogen and oxygen atoms in total. The van der Waals surface area contributed by atoms with Gasteiger partial charge in [0, 0.05) is 0 Å². The molecule has 1 aromatic carbocycles. The van der Waals surface area contributed by atoms with Crippen molar-refractivity contribution in [3.63, 3.8) is 0 Å². The van der Waals surface area contributed by atoms with Crippen molar-refractivity contribution < 1.29 is 5.11 Å². The normalized spacial score (nSPS) is 10.2. The Morgan fingerprint density at radius 1 is 1.42 bits per heavy atom. The van der Waals surface area contributed by atoms with Crippen molar-refractivity contribution in [3.05, 3.63) is 55.2 Å². The van der Waals surface area contributed by atoms with E-state index in [0.717, 1.165) is 4.57 Å². The highest BCUT2D eigenvalue weighted by molar-refractivity contribution is 6.32. The first-order valence-corrected chi connectivity index (χ1v) is 5.58. The van der Waals surface area contributed by atoms with Crippen LogP contribution in [0.25, 0.3) is 5.69 Å². The topological polar surface area (TPSA) is 98.9 Å². The first-order chi connectivity index (χ1) is 8.95. The average molecular weight is 278 g/mol. The molecular formula is C12H8ClN3O3. The maximum absolute atomic E-state index is 11.8. The summed E-state index contributed by atoms with van der Waals surface area (Å²) in [5.41, 5.74) is -1.12. The van der Waals surface area contributed by atoms with Gasteiger partial charge in [0.05, 0.1) is 27.9 Å². The highest BCUT2D eigenvalue weighted by Crippen LogP contribution is 2.24. The van der Waals surface area contributed by atoms with Crippen LogP contribution in [0.1, 0.15) is 11.1 Å². The van der Waals surface area contributed by atoms with Gasteiger partial charge in [0.2, 0.25) is 5.88 Å². The molecule has 2 rings (SSSR count). The number of aromatic nitrogens is 2. The van der Waals surface area contributed by atoms with Gasteiger partial charge in [0.25, 0.3) is 5.56 Å². The van der Waals surface area contributed by atoms with Crippen molar-refractivity contribution >= 4 is 11.6 Å². The lowest BCUT2D eigenvalue weighted by Gasteiger charge is -2.11. The van der Waals surface area contributed by atoms with Crippen LogP contribution in [-0.4, -0.2) is 14.7 Å². The van der Waals surface area contributed by atoms with Crippen molar-refractivity contribution in [2.24, 2.45) is 0 Å². The monoisotopic (exact) mass is 277 g/mol. The van der Waals surface area contributed by atoms with Gasteiger partial charge >= 0.3 is 5.69 Å². The summed E-state index contributed by atoms with van der Waals surface area (Å²) < 4.78 is 0.847. The third-order valence-electron chi connectivity index (χ3n) is 2.63. The number of halogens is 1. The minimum absolute atomic E-state index is 0.0157. The lowest BCUT2D eigenvalue weighted by molar-refractivity contribution is 0.426. The second kappa shape index (κ2) is 4.63. The van der Waals surface area contributed by atoms with E-state index in [1.54, 1.807) is 0 Å². The Morgan fingerprint density at radius 2 is 2.11 bits per heavy atom. The van der Waals surface area contributed by atoms with E-state index in [2.05, 4.69) is 4.98 Å². The van der Waals surface area contributed by atoms with E-state index in [0.29, 0.717) is 0 Å². The molecule has 0 aliphatic heterocycles. The molecule has 0 atom stereocenters. The lowest BCUT2D eigenvalue weighted by Crippen LogP contribution is -2.30. The molecule has 0 saturated heterocycles. The van der Waals surface area contributed by atoms with Gasteiger partial charge in [0.15, 0.2) is 0 Å². The largest absolute Gasteiger partial charge is 0.494 e. The molecule has 1 heterocycles. The van der Waals surface area contributed by atoms with Gasteiger partial charge < -0.3 is 5.11 Å². The summed E-state index contributed by atoms with van der Waals surface area (Å²) >= 11 is 5.95. The van der Waals surface area contributed by atoms with E-state index in [9.17, 15) is 14.7 Å². The molecule has 0 aliphatic rings. The number of nitrogens with one attached hydrogen (secondary N) is 1. The van der Waals surface area contributed by atoms with Gasteiger partial charge in [0.1, 0.15) is 0 Å². The molecule has 0 radical (unpaired) electrons. The highest BCUT2D eigenvalue weighted by atomic mass is 35.5. The number of H-pyrrole nitrogens is 1. The van der Waals surface area contributed by atoms with Crippen LogP contribution >= 0.6 is 11.6 Å². The van der Waals surface area contributed by atoms with Crippen LogP contribution in [-0.2, 0) is 0 Å². The number of hydrogen-bond acceptors (Lipinski definition) is 4. The molecular weight excluding hydrogens is 270 g/mol. The predicted octanol–water partition coefficient (Wildman–Crippen LogP) is 1.06. The maximum Gasteiger partial charge on any atom is 0.335 e. The van der Waals surface area contributed by atoms with Crippen LogP contribution in [0.3, 0.4) is 0 Å². The van der Waals surface area contributed by atoms with Crippen molar-refractivity contribution in [1.29, 1.82) is 5.26 Å². The number of nitrogens with zero attached hydrogens (tertiary/aromatic N) is 2. The molecule has 0 spiro atoms. The van der Waals surface area contributed by atoms with Crippen molar-refractivity contribution in [3.8, 4) is 17.6 Å². The number of aromatic hydroxyl groups is 1. The fourth-order valence-electron chi connectivity index (χ4n) is 1.59. The van der Waals surface area contributed by atoms with Crippen molar-refractivity contribution in [1.82, 2.24) is 9.55 Å². The summed E-state index contributed by atoms with van der Waals surface area (Å²) in [4.78, 5) is 25.2. The summed E-state index contributed by atoms with van der Waals surface area (Å²) in [6, 6.07) is 6.16. The molecule has 1 aromatic heterocycles. The second-order valence-electron chi connectivity index (χ2n) is 3.82. The standard InChI is InChI=1S/C12H8ClN3O3/c1-6-10(17)15-12(19)16(11(6)18)9-4-7(5-14)2-3-8(9)13/h2-4,18H,1H3,(H,15,17,19). The summed E-state index contributed by atoms with van der Waals surface area (Å²) in [7, 11) is 0. The molecule has 96 valence electrons. The predicted molar refractivity (Wildman–Crippen MR) is 68.8 cm³/mol. The van der Waals surface area contributed by atoms with Gasteiger partial charge in [-0.3, -0.25) is 9.78 Å². The van der Waals surface area contributed by atoms with Crippen LogP contribution in [0.2, 0.25) is 5.02 Å². The molecule has 2 aromatic rings. The molecule has 7 heteroatoms. The molecule has 0 aliphatic carbocycles. The van der Waals surface area contributed by atoms with Gasteiger partial charge in [-0.25, -0.2) is 9.36 Å². The third-order valence-corrected chi connectivity index (χ3v) is 2.95. The second-order valence-corrected chi connectivity index (χ2v) is 4.23. The zero-order valence-electron chi connectivity index (χ0n) is 9.77. The van der Waals surface area contributed by atoms with Crippen LogP contribution in [0.5, 0.6) is 5.88 Å². The van der Waals surface area contributed by atoms with E-state index in [1.807, 2.05) is 6.07 Å². The fraction of sp³-hybridized carbons (Fsp3) is 0.0833. The smallest absolute Gasteiger partial charge is 0.335 e. The molecule has 0 saturated carbocycles. The van der Waals surface area contributed by atoms with Crippen molar-refractivity contribution in [2.45, 2.75) is 6.92 Å². The average Bonchev–Trinajstić information content (AvgIpc) is 2.38. The number of aromatic amines is 1. The van der Waals surface area contributed by atoms with E-state index in [4.69, 9.17) is 16.9 Å². The number of nitriles is 1. The zero-order chi connectivity index (χ0) is 14.2. The van der Waals surface area contributed by atoms with Crippen LogP contribution in [0.4, 0.5) is 0 Å². The van der Waals surface area contributed by atoms with Gasteiger partial charge in [-0.1, -0.05) is 11.6 Å². The number of benzene rings is 1. The summed E-state index contributed by atoms with van der Waals surface area (Å²) in [6.45, 7) is 1.37. The Hall–Kier alpha value is -2.52. The van der Waals surface area contributed by atoms with Crippen LogP contribution in [0, 0.1) is 18.3 Å². The summed E-state index contributed by atoms with van der Waals surface area (Å²) in [5.74, 6) is -0.509. The maximum atomic E-state index is 11.8. The van der Waals surface area contributed by atoms with E-state index in [1.165, 1.54) is 25.1 Å². The molecule has 0 bridgehead atoms. The third kappa shape index (κ3) is 2.11. The van der Waals surface area contributed by atoms with Gasteiger partial charge in [-0.2, -0.15) is 5.26 Å². The van der Waals surface area contributed by atoms with Crippen molar-refractivity contribution in [2.75, 3.05) is 0 Å². The molecule has 0 unspecified atom stereocenters. The van der Waals surface area contributed by atoms with Crippen LogP contribution < -0.4 is 11.2 Å². The number of rotatable bonds is 1. The molecule has 19 heavy (non-hydrogen) atoms. The Balaban J connectivity index is 2.88. The summed E-state index contributed by atoms with van der Waals surface area (Å²) in [5, 5.41) is 18.9. The quantitative estimate of drug-likeness (QED) is 0.814. The molecule has 0 fully saturated rings. The number of hydrogen-bond donors (Lipinski definition) is 2. The van der Waals surface area contributed by atoms with Crippen LogP contribution in [0.15, 0.2) is 27.8 Å². The minimum atomic E-state index is -0.829. The Bertz CT molecular complexity index is 814. The molecule has 0 amide bonds. The fourth-order valence-corrected chi connectivity index (χ4v) is 1.79. The Labute approximate surface area is 112 Å². The first kappa shape index (κ1) is 12.9. The summed E-state index contributed by atoms with van der Waals surface area (Å²) in [6.07, 6.45) is 0. The Morgan fingerprint density at radius 3 is 2.74 bits per heavy atom. The van der Waals surface area contributed by atoms with E-state index in [-0.39, 0.29) is 21.8 Å². The van der Waals surface area contributed by atoms with E-state index >= 15 is 0 Å². The zero-order valence-corrected chi connectivity index (χ0v) is 10.5. The Kier molecular flexibility index (Phi) is 3.15. The SMILES string of the molecule is Cc1c(O)n(-c2cc(C#N)ccc2Cl)c(=O)[nH]c1=O. The lowest BCUT2D eigenvalue weighted by atomic mass is 10.2.